The highest BCUT2D eigenvalue weighted by Crippen LogP contribution is 2.27. The van der Waals surface area contributed by atoms with Crippen LogP contribution in [0.4, 0.5) is 11.9 Å². The van der Waals surface area contributed by atoms with Gasteiger partial charge in [0.1, 0.15) is 0 Å². The molecule has 112 valence electrons. The molecule has 0 amide bonds. The lowest BCUT2D eigenvalue weighted by molar-refractivity contribution is 0.766. The highest BCUT2D eigenvalue weighted by Gasteiger charge is 2.17. The summed E-state index contributed by atoms with van der Waals surface area (Å²) in [6.07, 6.45) is 6.18. The van der Waals surface area contributed by atoms with Crippen LogP contribution in [0.1, 0.15) is 19.8 Å². The van der Waals surface area contributed by atoms with E-state index in [1.165, 1.54) is 24.6 Å². The van der Waals surface area contributed by atoms with Gasteiger partial charge >= 0.3 is 0 Å². The number of anilines is 2. The molecule has 8 heteroatoms. The van der Waals surface area contributed by atoms with Crippen LogP contribution in [0.15, 0.2) is 22.4 Å². The topological polar surface area (TPSA) is 71.8 Å². The Labute approximate surface area is 128 Å². The van der Waals surface area contributed by atoms with Crippen molar-refractivity contribution in [3.8, 4) is 0 Å². The molecule has 0 unspecified atom stereocenters. The summed E-state index contributed by atoms with van der Waals surface area (Å²) >= 11 is 1.51. The maximum absolute atomic E-state index is 4.59. The summed E-state index contributed by atoms with van der Waals surface area (Å²) in [7, 11) is 1.90. The van der Waals surface area contributed by atoms with Crippen LogP contribution in [0.2, 0.25) is 0 Å². The summed E-state index contributed by atoms with van der Waals surface area (Å²) in [5.74, 6) is 1.41. The van der Waals surface area contributed by atoms with Crippen molar-refractivity contribution in [2.45, 2.75) is 29.8 Å². The molecular formula is C13H19N7S. The SMILES string of the molecule is CCNc1nc(Sc2cnn(C)c2)nc(N2CCCC2)n1. The van der Waals surface area contributed by atoms with E-state index in [0.717, 1.165) is 30.5 Å². The third-order valence-electron chi connectivity index (χ3n) is 3.22. The molecule has 0 atom stereocenters. The molecule has 0 aromatic carbocycles. The summed E-state index contributed by atoms with van der Waals surface area (Å²) in [6, 6.07) is 0. The van der Waals surface area contributed by atoms with Crippen molar-refractivity contribution in [2.75, 3.05) is 29.9 Å². The lowest BCUT2D eigenvalue weighted by atomic mass is 10.4. The van der Waals surface area contributed by atoms with Gasteiger partial charge in [0.2, 0.25) is 11.9 Å². The van der Waals surface area contributed by atoms with Crippen LogP contribution >= 0.6 is 11.8 Å². The summed E-state index contributed by atoms with van der Waals surface area (Å²) in [5, 5.41) is 8.05. The number of aryl methyl sites for hydroxylation is 1. The predicted molar refractivity (Wildman–Crippen MR) is 82.8 cm³/mol. The highest BCUT2D eigenvalue weighted by molar-refractivity contribution is 7.99. The fraction of sp³-hybridized carbons (Fsp3) is 0.538. The smallest absolute Gasteiger partial charge is 0.231 e. The number of nitrogens with one attached hydrogen (secondary N) is 1. The molecule has 1 saturated heterocycles. The summed E-state index contributed by atoms with van der Waals surface area (Å²) in [5.41, 5.74) is 0. The average Bonchev–Trinajstić information content (AvgIpc) is 3.11. The maximum atomic E-state index is 4.59. The fourth-order valence-corrected chi connectivity index (χ4v) is 3.02. The minimum atomic E-state index is 0.640. The summed E-state index contributed by atoms with van der Waals surface area (Å²) in [6.45, 7) is 4.87. The molecule has 3 rings (SSSR count). The standard InChI is InChI=1S/C13H19N7S/c1-3-14-11-16-12(20-6-4-5-7-20)18-13(17-11)21-10-8-15-19(2)9-10/h8-9H,3-7H2,1-2H3,(H,14,16,17,18). The van der Waals surface area contributed by atoms with Gasteiger partial charge in [0.25, 0.3) is 0 Å². The molecule has 0 aliphatic carbocycles. The Balaban J connectivity index is 1.86. The van der Waals surface area contributed by atoms with Crippen molar-refractivity contribution in [1.82, 2.24) is 24.7 Å². The largest absolute Gasteiger partial charge is 0.354 e. The minimum Gasteiger partial charge on any atom is -0.354 e. The number of hydrogen-bond acceptors (Lipinski definition) is 7. The van der Waals surface area contributed by atoms with Crippen LogP contribution < -0.4 is 10.2 Å². The molecule has 1 aliphatic rings. The third-order valence-corrected chi connectivity index (χ3v) is 4.03. The fourth-order valence-electron chi connectivity index (χ4n) is 2.24. The molecule has 0 bridgehead atoms. The molecule has 0 saturated carbocycles. The van der Waals surface area contributed by atoms with Crippen molar-refractivity contribution in [3.05, 3.63) is 12.4 Å². The first-order valence-corrected chi connectivity index (χ1v) is 7.97. The van der Waals surface area contributed by atoms with E-state index in [2.05, 4.69) is 30.3 Å². The second-order valence-corrected chi connectivity index (χ2v) is 5.96. The van der Waals surface area contributed by atoms with Gasteiger partial charge in [-0.15, -0.1) is 0 Å². The Kier molecular flexibility index (Phi) is 4.23. The van der Waals surface area contributed by atoms with Gasteiger partial charge in [-0.3, -0.25) is 4.68 Å². The summed E-state index contributed by atoms with van der Waals surface area (Å²) < 4.78 is 1.77. The number of hydrogen-bond donors (Lipinski definition) is 1. The van der Waals surface area contributed by atoms with Gasteiger partial charge in [0.05, 0.1) is 11.1 Å². The Morgan fingerprint density at radius 2 is 2.05 bits per heavy atom. The Hall–Kier alpha value is -1.83. The molecule has 21 heavy (non-hydrogen) atoms. The zero-order chi connectivity index (χ0) is 14.7. The van der Waals surface area contributed by atoms with Crippen LogP contribution in [0.3, 0.4) is 0 Å². The second-order valence-electron chi connectivity index (χ2n) is 4.92. The van der Waals surface area contributed by atoms with E-state index in [4.69, 9.17) is 0 Å². The molecule has 0 radical (unpaired) electrons. The van der Waals surface area contributed by atoms with Crippen LogP contribution in [0.25, 0.3) is 0 Å². The molecule has 1 aliphatic heterocycles. The number of rotatable bonds is 5. The van der Waals surface area contributed by atoms with Crippen molar-refractivity contribution in [1.29, 1.82) is 0 Å². The molecule has 2 aromatic heterocycles. The van der Waals surface area contributed by atoms with Crippen molar-refractivity contribution < 1.29 is 0 Å². The lowest BCUT2D eigenvalue weighted by Crippen LogP contribution is -2.21. The molecule has 7 nitrogen and oxygen atoms in total. The van der Waals surface area contributed by atoms with Gasteiger partial charge in [-0.2, -0.15) is 20.1 Å². The lowest BCUT2D eigenvalue weighted by Gasteiger charge is -2.16. The first-order chi connectivity index (χ1) is 10.2. The van der Waals surface area contributed by atoms with Gasteiger partial charge in [-0.1, -0.05) is 0 Å². The normalized spacial score (nSPS) is 14.7. The first kappa shape index (κ1) is 14.1. The third kappa shape index (κ3) is 3.44. The minimum absolute atomic E-state index is 0.640. The van der Waals surface area contributed by atoms with Gasteiger partial charge < -0.3 is 10.2 Å². The van der Waals surface area contributed by atoms with Crippen LogP contribution in [0, 0.1) is 0 Å². The van der Waals surface area contributed by atoms with E-state index in [1.807, 2.05) is 26.4 Å². The summed E-state index contributed by atoms with van der Waals surface area (Å²) in [4.78, 5) is 16.8. The molecular weight excluding hydrogens is 286 g/mol. The second kappa shape index (κ2) is 6.30. The van der Waals surface area contributed by atoms with Gasteiger partial charge in [0.15, 0.2) is 5.16 Å². The van der Waals surface area contributed by atoms with Crippen molar-refractivity contribution in [2.24, 2.45) is 7.05 Å². The molecule has 2 aromatic rings. The van der Waals surface area contributed by atoms with Gasteiger partial charge in [-0.25, -0.2) is 0 Å². The quantitative estimate of drug-likeness (QED) is 0.903. The maximum Gasteiger partial charge on any atom is 0.231 e. The molecule has 1 fully saturated rings. The number of nitrogens with zero attached hydrogens (tertiary/aromatic N) is 6. The van der Waals surface area contributed by atoms with Crippen LogP contribution in [-0.2, 0) is 7.05 Å². The Morgan fingerprint density at radius 1 is 1.24 bits per heavy atom. The monoisotopic (exact) mass is 305 g/mol. The predicted octanol–water partition coefficient (Wildman–Crippen LogP) is 1.79. The first-order valence-electron chi connectivity index (χ1n) is 7.16. The van der Waals surface area contributed by atoms with Crippen molar-refractivity contribution >= 4 is 23.7 Å². The van der Waals surface area contributed by atoms with Crippen LogP contribution in [0.5, 0.6) is 0 Å². The zero-order valence-electron chi connectivity index (χ0n) is 12.3. The van der Waals surface area contributed by atoms with E-state index < -0.39 is 0 Å². The Bertz CT molecular complexity index is 606. The molecule has 1 N–H and O–H groups in total. The van der Waals surface area contributed by atoms with E-state index in [-0.39, 0.29) is 0 Å². The van der Waals surface area contributed by atoms with E-state index in [9.17, 15) is 0 Å². The van der Waals surface area contributed by atoms with E-state index in [0.29, 0.717) is 11.1 Å². The van der Waals surface area contributed by atoms with E-state index >= 15 is 0 Å². The van der Waals surface area contributed by atoms with Crippen molar-refractivity contribution in [3.63, 3.8) is 0 Å². The van der Waals surface area contributed by atoms with Gasteiger partial charge in [-0.05, 0) is 31.5 Å². The molecule has 0 spiro atoms. The highest BCUT2D eigenvalue weighted by atomic mass is 32.2. The van der Waals surface area contributed by atoms with Gasteiger partial charge in [0, 0.05) is 32.9 Å². The van der Waals surface area contributed by atoms with E-state index in [1.54, 1.807) is 4.68 Å². The average molecular weight is 305 g/mol. The number of aromatic nitrogens is 5. The van der Waals surface area contributed by atoms with Crippen LogP contribution in [-0.4, -0.2) is 44.4 Å². The molecule has 3 heterocycles. The Morgan fingerprint density at radius 3 is 2.71 bits per heavy atom. The zero-order valence-corrected chi connectivity index (χ0v) is 13.1.